The van der Waals surface area contributed by atoms with Gasteiger partial charge in [-0.2, -0.15) is 0 Å². The molecule has 0 saturated carbocycles. The molecule has 1 unspecified atom stereocenters. The lowest BCUT2D eigenvalue weighted by Crippen LogP contribution is -2.25. The van der Waals surface area contributed by atoms with Crippen LogP contribution in [0.3, 0.4) is 0 Å². The van der Waals surface area contributed by atoms with Gasteiger partial charge in [0.15, 0.2) is 0 Å². The van der Waals surface area contributed by atoms with E-state index in [0.717, 1.165) is 17.8 Å². The van der Waals surface area contributed by atoms with Crippen molar-refractivity contribution in [3.8, 4) is 0 Å². The second-order valence-electron chi connectivity index (χ2n) is 11.0. The molecular weight excluding hydrogens is 388 g/mol. The molecule has 0 heterocycles. The van der Waals surface area contributed by atoms with Crippen LogP contribution in [0.1, 0.15) is 78.9 Å². The molecule has 170 valence electrons. The van der Waals surface area contributed by atoms with Gasteiger partial charge in [-0.15, -0.1) is 0 Å². The number of nitrogens with zero attached hydrogens (tertiary/aromatic N) is 1. The fourth-order valence-corrected chi connectivity index (χ4v) is 3.87. The highest BCUT2D eigenvalue weighted by atomic mass is 15.1. The molecule has 3 rings (SSSR count). The van der Waals surface area contributed by atoms with Gasteiger partial charge in [0.05, 0.1) is 0 Å². The Morgan fingerprint density at radius 3 is 1.53 bits per heavy atom. The van der Waals surface area contributed by atoms with E-state index < -0.39 is 0 Å². The molecule has 0 bridgehead atoms. The molecule has 1 atom stereocenters. The summed E-state index contributed by atoms with van der Waals surface area (Å²) >= 11 is 0. The third-order valence-electron chi connectivity index (χ3n) is 5.97. The first-order chi connectivity index (χ1) is 15.0. The summed E-state index contributed by atoms with van der Waals surface area (Å²) in [5.41, 5.74) is 7.56. The van der Waals surface area contributed by atoms with E-state index in [1.807, 2.05) is 0 Å². The summed E-state index contributed by atoms with van der Waals surface area (Å²) in [5.74, 6) is 0.575. The van der Waals surface area contributed by atoms with E-state index in [2.05, 4.69) is 138 Å². The minimum atomic E-state index is 0.0375. The molecular formula is C30H40N2. The van der Waals surface area contributed by atoms with Gasteiger partial charge in [0.25, 0.3) is 0 Å². The van der Waals surface area contributed by atoms with Crippen molar-refractivity contribution in [2.24, 2.45) is 0 Å². The fourth-order valence-electron chi connectivity index (χ4n) is 3.87. The standard InChI is InChI=1S/C30H40N2/c1-9-22(2)23-10-16-26(17-11-23)32(27-18-12-24(13-19-27)29(3,4)5)28-20-14-25(15-21-28)31-30(6,7)8/h10-22,31H,9H2,1-8H3. The number of hydrogen-bond donors (Lipinski definition) is 1. The summed E-state index contributed by atoms with van der Waals surface area (Å²) in [6, 6.07) is 26.8. The zero-order valence-corrected chi connectivity index (χ0v) is 21.2. The van der Waals surface area contributed by atoms with Crippen LogP contribution in [0, 0.1) is 0 Å². The average Bonchev–Trinajstić information content (AvgIpc) is 2.74. The van der Waals surface area contributed by atoms with E-state index >= 15 is 0 Å². The van der Waals surface area contributed by atoms with Crippen molar-refractivity contribution in [2.45, 2.75) is 78.7 Å². The van der Waals surface area contributed by atoms with Crippen molar-refractivity contribution in [1.82, 2.24) is 0 Å². The molecule has 32 heavy (non-hydrogen) atoms. The Morgan fingerprint density at radius 1 is 0.688 bits per heavy atom. The van der Waals surface area contributed by atoms with Gasteiger partial charge in [-0.1, -0.05) is 58.9 Å². The predicted octanol–water partition coefficient (Wildman–Crippen LogP) is 9.18. The second-order valence-corrected chi connectivity index (χ2v) is 11.0. The molecule has 0 amide bonds. The van der Waals surface area contributed by atoms with Crippen molar-refractivity contribution in [1.29, 1.82) is 0 Å². The Labute approximate surface area is 195 Å². The first kappa shape index (κ1) is 23.9. The van der Waals surface area contributed by atoms with Crippen LogP contribution < -0.4 is 10.2 Å². The van der Waals surface area contributed by atoms with Gasteiger partial charge in [-0.25, -0.2) is 0 Å². The highest BCUT2D eigenvalue weighted by molar-refractivity contribution is 5.77. The van der Waals surface area contributed by atoms with Crippen LogP contribution in [0.2, 0.25) is 0 Å². The number of benzene rings is 3. The Balaban J connectivity index is 2.01. The molecule has 3 aromatic rings. The Bertz CT molecular complexity index is 985. The van der Waals surface area contributed by atoms with Crippen molar-refractivity contribution in [2.75, 3.05) is 10.2 Å². The second kappa shape index (κ2) is 9.40. The molecule has 0 aliphatic rings. The minimum Gasteiger partial charge on any atom is -0.380 e. The van der Waals surface area contributed by atoms with Crippen LogP contribution in [0.15, 0.2) is 72.8 Å². The van der Waals surface area contributed by atoms with Gasteiger partial charge in [0.1, 0.15) is 0 Å². The van der Waals surface area contributed by atoms with Crippen molar-refractivity contribution in [3.63, 3.8) is 0 Å². The lowest BCUT2D eigenvalue weighted by atomic mass is 9.87. The topological polar surface area (TPSA) is 15.3 Å². The summed E-state index contributed by atoms with van der Waals surface area (Å²) < 4.78 is 0. The lowest BCUT2D eigenvalue weighted by molar-refractivity contribution is 0.590. The molecule has 0 radical (unpaired) electrons. The van der Waals surface area contributed by atoms with E-state index in [0.29, 0.717) is 5.92 Å². The molecule has 3 aromatic carbocycles. The largest absolute Gasteiger partial charge is 0.380 e. The van der Waals surface area contributed by atoms with Gasteiger partial charge >= 0.3 is 0 Å². The van der Waals surface area contributed by atoms with Gasteiger partial charge in [-0.3, -0.25) is 0 Å². The maximum Gasteiger partial charge on any atom is 0.0463 e. The van der Waals surface area contributed by atoms with Crippen LogP contribution in [-0.2, 0) is 5.41 Å². The summed E-state index contributed by atoms with van der Waals surface area (Å²) in [6.45, 7) is 17.9. The Kier molecular flexibility index (Phi) is 7.03. The fraction of sp³-hybridized carbons (Fsp3) is 0.400. The van der Waals surface area contributed by atoms with Gasteiger partial charge < -0.3 is 10.2 Å². The minimum absolute atomic E-state index is 0.0375. The highest BCUT2D eigenvalue weighted by Gasteiger charge is 2.17. The molecule has 2 heteroatoms. The molecule has 2 nitrogen and oxygen atoms in total. The molecule has 0 fully saturated rings. The number of nitrogens with one attached hydrogen (secondary N) is 1. The Hall–Kier alpha value is -2.74. The third-order valence-corrected chi connectivity index (χ3v) is 5.97. The van der Waals surface area contributed by atoms with Crippen molar-refractivity contribution < 1.29 is 0 Å². The van der Waals surface area contributed by atoms with E-state index in [4.69, 9.17) is 0 Å². The zero-order valence-electron chi connectivity index (χ0n) is 21.2. The molecule has 1 N–H and O–H groups in total. The molecule has 0 spiro atoms. The maximum absolute atomic E-state index is 3.56. The van der Waals surface area contributed by atoms with Gasteiger partial charge in [-0.05, 0) is 98.2 Å². The van der Waals surface area contributed by atoms with Crippen molar-refractivity contribution in [3.05, 3.63) is 83.9 Å². The predicted molar refractivity (Wildman–Crippen MR) is 142 cm³/mol. The van der Waals surface area contributed by atoms with Crippen LogP contribution in [-0.4, -0.2) is 5.54 Å². The molecule has 0 aliphatic carbocycles. The Morgan fingerprint density at radius 2 is 1.12 bits per heavy atom. The monoisotopic (exact) mass is 428 g/mol. The van der Waals surface area contributed by atoms with E-state index in [1.54, 1.807) is 0 Å². The third kappa shape index (κ3) is 5.94. The van der Waals surface area contributed by atoms with Gasteiger partial charge in [0, 0.05) is 28.3 Å². The summed E-state index contributed by atoms with van der Waals surface area (Å²) in [5, 5.41) is 3.56. The zero-order chi connectivity index (χ0) is 23.5. The van der Waals surface area contributed by atoms with Gasteiger partial charge in [0.2, 0.25) is 0 Å². The molecule has 0 aliphatic heterocycles. The molecule has 0 aromatic heterocycles. The van der Waals surface area contributed by atoms with E-state index in [-0.39, 0.29) is 11.0 Å². The quantitative estimate of drug-likeness (QED) is 0.421. The van der Waals surface area contributed by atoms with E-state index in [9.17, 15) is 0 Å². The van der Waals surface area contributed by atoms with Crippen LogP contribution in [0.5, 0.6) is 0 Å². The first-order valence-corrected chi connectivity index (χ1v) is 11.9. The summed E-state index contributed by atoms with van der Waals surface area (Å²) in [4.78, 5) is 2.34. The number of anilines is 4. The highest BCUT2D eigenvalue weighted by Crippen LogP contribution is 2.37. The van der Waals surface area contributed by atoms with Crippen molar-refractivity contribution >= 4 is 22.7 Å². The maximum atomic E-state index is 3.56. The number of rotatable bonds is 6. The lowest BCUT2D eigenvalue weighted by Gasteiger charge is -2.28. The van der Waals surface area contributed by atoms with Crippen LogP contribution >= 0.6 is 0 Å². The smallest absolute Gasteiger partial charge is 0.0463 e. The summed E-state index contributed by atoms with van der Waals surface area (Å²) in [6.07, 6.45) is 1.15. The van der Waals surface area contributed by atoms with E-state index in [1.165, 1.54) is 22.5 Å². The average molecular weight is 429 g/mol. The van der Waals surface area contributed by atoms with Crippen LogP contribution in [0.25, 0.3) is 0 Å². The summed E-state index contributed by atoms with van der Waals surface area (Å²) in [7, 11) is 0. The SMILES string of the molecule is CCC(C)c1ccc(N(c2ccc(NC(C)(C)C)cc2)c2ccc(C(C)(C)C)cc2)cc1. The first-order valence-electron chi connectivity index (χ1n) is 11.9. The molecule has 0 saturated heterocycles. The number of hydrogen-bond acceptors (Lipinski definition) is 2. The normalized spacial score (nSPS) is 13.0. The van der Waals surface area contributed by atoms with Crippen LogP contribution in [0.4, 0.5) is 22.7 Å².